The number of primary amides is 1. The average Bonchev–Trinajstić information content (AvgIpc) is 3.05. The number of hydroxylamine groups is 1. The number of hydrogen-bond donors (Lipinski definition) is 9. The Balaban J connectivity index is 3.76. The van der Waals surface area contributed by atoms with E-state index in [4.69, 9.17) is 29.9 Å². The van der Waals surface area contributed by atoms with Gasteiger partial charge < -0.3 is 56.4 Å². The van der Waals surface area contributed by atoms with E-state index in [1.807, 2.05) is 0 Å². The molecule has 20 nitrogen and oxygen atoms in total. The Hall–Kier alpha value is -3.95. The number of aliphatic carboxylic acids is 1. The number of hydrogen-bond acceptors (Lipinski definition) is 13. The maximum Gasteiger partial charge on any atom is 0.326 e. The lowest BCUT2D eigenvalue weighted by Gasteiger charge is -2.15. The first-order valence-electron chi connectivity index (χ1n) is 15.5. The van der Waals surface area contributed by atoms with Gasteiger partial charge in [-0.3, -0.25) is 34.0 Å². The molecule has 6 amide bonds. The smallest absolute Gasteiger partial charge is 0.326 e. The average molecular weight is 694 g/mol. The van der Waals surface area contributed by atoms with Crippen LogP contribution < -0.4 is 37.8 Å². The number of carbonyl (C=O) groups excluding carboxylic acids is 6. The summed E-state index contributed by atoms with van der Waals surface area (Å²) in [5.74, 6) is -4.13. The molecule has 2 atom stereocenters. The van der Waals surface area contributed by atoms with Gasteiger partial charge in [0, 0.05) is 38.9 Å². The number of ether oxygens (including phenoxy) is 4. The molecule has 0 aliphatic rings. The highest BCUT2D eigenvalue weighted by Crippen LogP contribution is 2.01. The summed E-state index contributed by atoms with van der Waals surface area (Å²) in [5, 5.41) is 30.6. The maximum absolute atomic E-state index is 12.1. The summed E-state index contributed by atoms with van der Waals surface area (Å²) in [4.78, 5) is 80.8. The molecular weight excluding hydrogens is 642 g/mol. The summed E-state index contributed by atoms with van der Waals surface area (Å²) in [6.45, 7) is 1.11. The van der Waals surface area contributed by atoms with Gasteiger partial charge in [-0.15, -0.1) is 0 Å². The third-order valence-corrected chi connectivity index (χ3v) is 6.28. The Bertz CT molecular complexity index is 987. The molecule has 2 unspecified atom stereocenters. The van der Waals surface area contributed by atoms with E-state index >= 15 is 0 Å². The van der Waals surface area contributed by atoms with Gasteiger partial charge in [-0.05, 0) is 32.7 Å². The first-order valence-corrected chi connectivity index (χ1v) is 15.5. The van der Waals surface area contributed by atoms with Crippen LogP contribution in [0.1, 0.15) is 44.9 Å². The van der Waals surface area contributed by atoms with E-state index in [0.29, 0.717) is 25.8 Å². The van der Waals surface area contributed by atoms with Gasteiger partial charge in [0.1, 0.15) is 19.3 Å². The summed E-state index contributed by atoms with van der Waals surface area (Å²) in [6.07, 6.45) is 1.40. The SMILES string of the molecule is CNC(CCCCNC(=O)CCC(NC(=O)COCCOCCNC(=O)COCCOCCNC(=O)CCC(=O)NO)C(=O)O)C(N)=O. The monoisotopic (exact) mass is 693 g/mol. The van der Waals surface area contributed by atoms with Crippen LogP contribution in [0.5, 0.6) is 0 Å². The largest absolute Gasteiger partial charge is 0.480 e. The molecule has 0 fully saturated rings. The zero-order valence-corrected chi connectivity index (χ0v) is 27.3. The highest BCUT2D eigenvalue weighted by atomic mass is 16.5. The van der Waals surface area contributed by atoms with Gasteiger partial charge in [0.05, 0.1) is 45.7 Å². The minimum absolute atomic E-state index is 0.0453. The summed E-state index contributed by atoms with van der Waals surface area (Å²) in [6, 6.07) is -1.70. The molecule has 0 aliphatic carbocycles. The van der Waals surface area contributed by atoms with E-state index in [-0.39, 0.29) is 103 Å². The number of carboxylic acids is 1. The van der Waals surface area contributed by atoms with Gasteiger partial charge in [-0.25, -0.2) is 10.3 Å². The van der Waals surface area contributed by atoms with E-state index in [9.17, 15) is 38.7 Å². The van der Waals surface area contributed by atoms with Crippen LogP contribution in [0.4, 0.5) is 0 Å². The molecule has 276 valence electrons. The molecule has 0 aliphatic heterocycles. The first-order chi connectivity index (χ1) is 23.0. The van der Waals surface area contributed by atoms with Crippen molar-refractivity contribution in [2.75, 3.05) is 79.5 Å². The van der Waals surface area contributed by atoms with Crippen molar-refractivity contribution in [2.24, 2.45) is 5.73 Å². The van der Waals surface area contributed by atoms with E-state index < -0.39 is 42.4 Å². The second-order valence-electron chi connectivity index (χ2n) is 10.2. The molecule has 0 saturated carbocycles. The Labute approximate surface area is 278 Å². The van der Waals surface area contributed by atoms with Crippen molar-refractivity contribution in [1.82, 2.24) is 32.1 Å². The minimum Gasteiger partial charge on any atom is -0.480 e. The van der Waals surface area contributed by atoms with Crippen LogP contribution in [0, 0.1) is 0 Å². The summed E-state index contributed by atoms with van der Waals surface area (Å²) in [7, 11) is 1.64. The second kappa shape index (κ2) is 29.2. The molecule has 0 saturated heterocycles. The van der Waals surface area contributed by atoms with E-state index in [2.05, 4.69) is 26.6 Å². The van der Waals surface area contributed by atoms with Crippen LogP contribution in [0.15, 0.2) is 0 Å². The normalized spacial score (nSPS) is 12.0. The van der Waals surface area contributed by atoms with Crippen LogP contribution in [0.2, 0.25) is 0 Å². The molecule has 0 aromatic rings. The lowest BCUT2D eigenvalue weighted by atomic mass is 10.1. The third kappa shape index (κ3) is 26.2. The Morgan fingerprint density at radius 3 is 1.69 bits per heavy atom. The summed E-state index contributed by atoms with van der Waals surface area (Å²) in [5.41, 5.74) is 6.68. The summed E-state index contributed by atoms with van der Waals surface area (Å²) >= 11 is 0. The van der Waals surface area contributed by atoms with Crippen molar-refractivity contribution in [3.8, 4) is 0 Å². The van der Waals surface area contributed by atoms with Crippen LogP contribution >= 0.6 is 0 Å². The maximum atomic E-state index is 12.1. The number of carbonyl (C=O) groups is 7. The second-order valence-corrected chi connectivity index (χ2v) is 10.2. The van der Waals surface area contributed by atoms with Gasteiger partial charge >= 0.3 is 5.97 Å². The molecule has 0 radical (unpaired) electrons. The van der Waals surface area contributed by atoms with Gasteiger partial charge in [0.25, 0.3) is 0 Å². The van der Waals surface area contributed by atoms with Crippen molar-refractivity contribution < 1.29 is 62.8 Å². The highest BCUT2D eigenvalue weighted by Gasteiger charge is 2.21. The Morgan fingerprint density at radius 1 is 0.604 bits per heavy atom. The van der Waals surface area contributed by atoms with Crippen LogP contribution in [0.3, 0.4) is 0 Å². The number of nitrogens with one attached hydrogen (secondary N) is 6. The molecule has 20 heteroatoms. The van der Waals surface area contributed by atoms with E-state index in [0.717, 1.165) is 0 Å². The van der Waals surface area contributed by atoms with Crippen molar-refractivity contribution in [2.45, 2.75) is 57.0 Å². The van der Waals surface area contributed by atoms with Crippen molar-refractivity contribution in [3.05, 3.63) is 0 Å². The van der Waals surface area contributed by atoms with Crippen molar-refractivity contribution in [3.63, 3.8) is 0 Å². The standard InChI is InChI=1S/C28H51N7O13/c1-30-20(27(29)41)4-2-3-9-31-22(36)6-5-21(28(42)43)34-26(40)19-48-17-15-46-13-11-33-25(39)18-47-16-14-45-12-10-32-23(37)7-8-24(38)35-44/h20-21,30,44H,2-19H2,1H3,(H2,29,41)(H,31,36)(H,32,37)(H,33,39)(H,34,40)(H,35,38)(H,42,43). The number of carboxylic acid groups (broad SMARTS) is 1. The third-order valence-electron chi connectivity index (χ3n) is 6.28. The first kappa shape index (κ1) is 44.0. The van der Waals surface area contributed by atoms with Crippen LogP contribution in [0.25, 0.3) is 0 Å². The zero-order valence-electron chi connectivity index (χ0n) is 27.3. The van der Waals surface area contributed by atoms with Gasteiger partial charge in [0.2, 0.25) is 35.4 Å². The van der Waals surface area contributed by atoms with Crippen molar-refractivity contribution in [1.29, 1.82) is 0 Å². The van der Waals surface area contributed by atoms with E-state index in [1.165, 1.54) is 5.48 Å². The van der Waals surface area contributed by atoms with Gasteiger partial charge in [-0.1, -0.05) is 0 Å². The molecule has 0 spiro atoms. The van der Waals surface area contributed by atoms with Gasteiger partial charge in [-0.2, -0.15) is 0 Å². The number of amides is 6. The number of nitrogens with two attached hydrogens (primary N) is 1. The molecule has 10 N–H and O–H groups in total. The molecule has 0 aromatic carbocycles. The lowest BCUT2D eigenvalue weighted by molar-refractivity contribution is -0.143. The molecule has 0 aromatic heterocycles. The lowest BCUT2D eigenvalue weighted by Crippen LogP contribution is -2.43. The highest BCUT2D eigenvalue weighted by molar-refractivity contribution is 5.85. The topological polar surface area (TPSA) is 295 Å². The number of likely N-dealkylation sites (N-methyl/N-ethyl adjacent to an activating group) is 1. The van der Waals surface area contributed by atoms with Crippen molar-refractivity contribution >= 4 is 41.4 Å². The predicted octanol–water partition coefficient (Wildman–Crippen LogP) is -3.72. The number of rotatable bonds is 31. The van der Waals surface area contributed by atoms with Gasteiger partial charge in [0.15, 0.2) is 0 Å². The van der Waals surface area contributed by atoms with Crippen LogP contribution in [-0.4, -0.2) is 143 Å². The molecule has 0 bridgehead atoms. The Kier molecular flexibility index (Phi) is 26.8. The molecule has 0 heterocycles. The zero-order chi connectivity index (χ0) is 36.0. The van der Waals surface area contributed by atoms with Crippen LogP contribution in [-0.2, 0) is 52.5 Å². The molecule has 0 rings (SSSR count). The number of unbranched alkanes of at least 4 members (excludes halogenated alkanes) is 1. The molecule has 48 heavy (non-hydrogen) atoms. The Morgan fingerprint density at radius 2 is 1.12 bits per heavy atom. The fourth-order valence-electron chi connectivity index (χ4n) is 3.70. The summed E-state index contributed by atoms with van der Waals surface area (Å²) < 4.78 is 20.9. The predicted molar refractivity (Wildman–Crippen MR) is 166 cm³/mol. The fourth-order valence-corrected chi connectivity index (χ4v) is 3.70. The fraction of sp³-hybridized carbons (Fsp3) is 0.750. The van der Waals surface area contributed by atoms with E-state index in [1.54, 1.807) is 7.05 Å². The quantitative estimate of drug-likeness (QED) is 0.0192. The minimum atomic E-state index is -1.28. The molecular formula is C28H51N7O13.